The Bertz CT molecular complexity index is 148. The van der Waals surface area contributed by atoms with Gasteiger partial charge in [0.25, 0.3) is 0 Å². The SMILES string of the molecule is CN[C@]1(C)CC[C@H](OC(C)C)CC1. The van der Waals surface area contributed by atoms with Crippen LogP contribution in [0.2, 0.25) is 0 Å². The number of ether oxygens (including phenoxy) is 1. The lowest BCUT2D eigenvalue weighted by Gasteiger charge is -2.37. The Kier molecular flexibility index (Phi) is 3.74. The Balaban J connectivity index is 2.30. The predicted octanol–water partition coefficient (Wildman–Crippen LogP) is 2.33. The first-order valence-electron chi connectivity index (χ1n) is 5.40. The molecule has 0 aromatic carbocycles. The summed E-state index contributed by atoms with van der Waals surface area (Å²) in [6.07, 6.45) is 5.76. The number of hydrogen-bond donors (Lipinski definition) is 1. The molecule has 2 heteroatoms. The third kappa shape index (κ3) is 3.28. The number of nitrogens with one attached hydrogen (secondary N) is 1. The molecule has 0 bridgehead atoms. The quantitative estimate of drug-likeness (QED) is 0.728. The average Bonchev–Trinajstić information content (AvgIpc) is 2.09. The molecule has 1 aliphatic rings. The highest BCUT2D eigenvalue weighted by Crippen LogP contribution is 2.29. The fraction of sp³-hybridized carbons (Fsp3) is 1.00. The van der Waals surface area contributed by atoms with Crippen LogP contribution in [0.1, 0.15) is 46.5 Å². The van der Waals surface area contributed by atoms with Gasteiger partial charge in [-0.15, -0.1) is 0 Å². The van der Waals surface area contributed by atoms with Crippen molar-refractivity contribution in [2.45, 2.75) is 64.2 Å². The van der Waals surface area contributed by atoms with Crippen LogP contribution in [0.4, 0.5) is 0 Å². The monoisotopic (exact) mass is 185 g/mol. The lowest BCUT2D eigenvalue weighted by molar-refractivity contribution is -0.0243. The maximum atomic E-state index is 5.80. The number of hydrogen-bond acceptors (Lipinski definition) is 2. The van der Waals surface area contributed by atoms with E-state index >= 15 is 0 Å². The summed E-state index contributed by atoms with van der Waals surface area (Å²) >= 11 is 0. The Morgan fingerprint density at radius 2 is 1.85 bits per heavy atom. The van der Waals surface area contributed by atoms with Crippen molar-refractivity contribution in [3.05, 3.63) is 0 Å². The summed E-state index contributed by atoms with van der Waals surface area (Å²) in [6.45, 7) is 6.54. The average molecular weight is 185 g/mol. The molecular weight excluding hydrogens is 162 g/mol. The molecule has 0 atom stereocenters. The summed E-state index contributed by atoms with van der Waals surface area (Å²) in [5, 5.41) is 3.40. The highest BCUT2D eigenvalue weighted by Gasteiger charge is 2.29. The van der Waals surface area contributed by atoms with Gasteiger partial charge in [-0.2, -0.15) is 0 Å². The predicted molar refractivity (Wildman–Crippen MR) is 55.9 cm³/mol. The van der Waals surface area contributed by atoms with Crippen LogP contribution in [0.15, 0.2) is 0 Å². The highest BCUT2D eigenvalue weighted by atomic mass is 16.5. The van der Waals surface area contributed by atoms with Crippen LogP contribution in [0.5, 0.6) is 0 Å². The summed E-state index contributed by atoms with van der Waals surface area (Å²) in [5.41, 5.74) is 0.358. The zero-order valence-corrected chi connectivity index (χ0v) is 9.39. The van der Waals surface area contributed by atoms with Crippen LogP contribution in [0.25, 0.3) is 0 Å². The second-order valence-electron chi connectivity index (χ2n) is 4.69. The fourth-order valence-electron chi connectivity index (χ4n) is 2.00. The van der Waals surface area contributed by atoms with Crippen LogP contribution >= 0.6 is 0 Å². The lowest BCUT2D eigenvalue weighted by Crippen LogP contribution is -2.44. The molecule has 0 amide bonds. The van der Waals surface area contributed by atoms with Gasteiger partial charge in [-0.1, -0.05) is 0 Å². The molecule has 1 rings (SSSR count). The van der Waals surface area contributed by atoms with Crippen LogP contribution < -0.4 is 5.32 Å². The van der Waals surface area contributed by atoms with Crippen molar-refractivity contribution in [1.82, 2.24) is 5.32 Å². The van der Waals surface area contributed by atoms with Crippen molar-refractivity contribution < 1.29 is 4.74 Å². The Morgan fingerprint density at radius 3 is 2.23 bits per heavy atom. The van der Waals surface area contributed by atoms with E-state index in [0.29, 0.717) is 17.7 Å². The summed E-state index contributed by atoms with van der Waals surface area (Å²) < 4.78 is 5.80. The van der Waals surface area contributed by atoms with E-state index in [0.717, 1.165) is 0 Å². The van der Waals surface area contributed by atoms with Crippen molar-refractivity contribution in [2.24, 2.45) is 0 Å². The first kappa shape index (κ1) is 11.0. The second-order valence-corrected chi connectivity index (χ2v) is 4.69. The first-order chi connectivity index (χ1) is 6.06. The van der Waals surface area contributed by atoms with Crippen LogP contribution in [0, 0.1) is 0 Å². The van der Waals surface area contributed by atoms with Gasteiger partial charge in [0.1, 0.15) is 0 Å². The molecule has 0 heterocycles. The van der Waals surface area contributed by atoms with Crippen molar-refractivity contribution in [1.29, 1.82) is 0 Å². The van der Waals surface area contributed by atoms with E-state index in [1.165, 1.54) is 25.7 Å². The molecule has 0 aromatic heterocycles. The van der Waals surface area contributed by atoms with Crippen molar-refractivity contribution >= 4 is 0 Å². The standard InChI is InChI=1S/C11H23NO/c1-9(2)13-10-5-7-11(3,12-4)8-6-10/h9-10,12H,5-8H2,1-4H3/t10-,11+. The van der Waals surface area contributed by atoms with Gasteiger partial charge in [-0.25, -0.2) is 0 Å². The molecule has 78 valence electrons. The fourth-order valence-corrected chi connectivity index (χ4v) is 2.00. The molecule has 0 spiro atoms. The molecule has 0 aromatic rings. The number of rotatable bonds is 3. The van der Waals surface area contributed by atoms with Crippen molar-refractivity contribution in [3.8, 4) is 0 Å². The molecule has 1 aliphatic carbocycles. The van der Waals surface area contributed by atoms with E-state index in [9.17, 15) is 0 Å². The highest BCUT2D eigenvalue weighted by molar-refractivity contribution is 4.88. The van der Waals surface area contributed by atoms with Gasteiger partial charge in [0, 0.05) is 5.54 Å². The van der Waals surface area contributed by atoms with Crippen LogP contribution in [-0.2, 0) is 4.74 Å². The Labute approximate surface area is 82.0 Å². The largest absolute Gasteiger partial charge is 0.376 e. The van der Waals surface area contributed by atoms with Gasteiger partial charge < -0.3 is 10.1 Å². The van der Waals surface area contributed by atoms with E-state index in [4.69, 9.17) is 4.74 Å². The Morgan fingerprint density at radius 1 is 1.31 bits per heavy atom. The third-order valence-corrected chi connectivity index (χ3v) is 3.10. The minimum atomic E-state index is 0.358. The van der Waals surface area contributed by atoms with Gasteiger partial charge in [0.15, 0.2) is 0 Å². The van der Waals surface area contributed by atoms with Crippen LogP contribution in [0.3, 0.4) is 0 Å². The second kappa shape index (κ2) is 4.43. The third-order valence-electron chi connectivity index (χ3n) is 3.10. The topological polar surface area (TPSA) is 21.3 Å². The van der Waals surface area contributed by atoms with E-state index in [1.54, 1.807) is 0 Å². The molecule has 13 heavy (non-hydrogen) atoms. The molecule has 0 aliphatic heterocycles. The molecule has 1 fully saturated rings. The van der Waals surface area contributed by atoms with Crippen molar-refractivity contribution in [2.75, 3.05) is 7.05 Å². The summed E-state index contributed by atoms with van der Waals surface area (Å²) in [5.74, 6) is 0. The molecule has 0 unspecified atom stereocenters. The molecular formula is C11H23NO. The molecule has 1 saturated carbocycles. The van der Waals surface area contributed by atoms with Crippen LogP contribution in [-0.4, -0.2) is 24.8 Å². The minimum Gasteiger partial charge on any atom is -0.376 e. The Hall–Kier alpha value is -0.0800. The van der Waals surface area contributed by atoms with Gasteiger partial charge in [-0.3, -0.25) is 0 Å². The summed E-state index contributed by atoms with van der Waals surface area (Å²) in [7, 11) is 2.06. The summed E-state index contributed by atoms with van der Waals surface area (Å²) in [6, 6.07) is 0. The summed E-state index contributed by atoms with van der Waals surface area (Å²) in [4.78, 5) is 0. The van der Waals surface area contributed by atoms with E-state index in [-0.39, 0.29) is 0 Å². The molecule has 0 radical (unpaired) electrons. The molecule has 0 saturated heterocycles. The zero-order chi connectivity index (χ0) is 9.90. The van der Waals surface area contributed by atoms with Gasteiger partial charge in [0.05, 0.1) is 12.2 Å². The van der Waals surface area contributed by atoms with E-state index in [1.807, 2.05) is 0 Å². The van der Waals surface area contributed by atoms with Gasteiger partial charge in [0.2, 0.25) is 0 Å². The molecule has 1 N–H and O–H groups in total. The van der Waals surface area contributed by atoms with E-state index in [2.05, 4.69) is 33.1 Å². The van der Waals surface area contributed by atoms with E-state index < -0.39 is 0 Å². The molecule has 2 nitrogen and oxygen atoms in total. The van der Waals surface area contributed by atoms with Crippen molar-refractivity contribution in [3.63, 3.8) is 0 Å². The first-order valence-corrected chi connectivity index (χ1v) is 5.40. The van der Waals surface area contributed by atoms with Gasteiger partial charge in [-0.05, 0) is 53.5 Å². The zero-order valence-electron chi connectivity index (χ0n) is 9.39. The lowest BCUT2D eigenvalue weighted by atomic mass is 9.82. The maximum Gasteiger partial charge on any atom is 0.0580 e. The normalized spacial score (nSPS) is 35.3. The van der Waals surface area contributed by atoms with Gasteiger partial charge >= 0.3 is 0 Å². The minimum absolute atomic E-state index is 0.358. The smallest absolute Gasteiger partial charge is 0.0580 e. The maximum absolute atomic E-state index is 5.80.